The summed E-state index contributed by atoms with van der Waals surface area (Å²) < 4.78 is 15.6. The van der Waals surface area contributed by atoms with Gasteiger partial charge < -0.3 is 24.8 Å². The number of ether oxygens (including phenoxy) is 3. The zero-order valence-electron chi connectivity index (χ0n) is 11.5. The first kappa shape index (κ1) is 16.6. The van der Waals surface area contributed by atoms with Crippen LogP contribution in [0.5, 0.6) is 11.5 Å². The third kappa shape index (κ3) is 4.00. The van der Waals surface area contributed by atoms with Gasteiger partial charge in [-0.2, -0.15) is 0 Å². The summed E-state index contributed by atoms with van der Waals surface area (Å²) in [6.45, 7) is 1.71. The van der Waals surface area contributed by atoms with Crippen LogP contribution in [0, 0.1) is 0 Å². The average molecular weight is 303 g/mol. The smallest absolute Gasteiger partial charge is 0.243 e. The Morgan fingerprint density at radius 1 is 1.35 bits per heavy atom. The quantitative estimate of drug-likeness (QED) is 0.870. The molecule has 2 N–H and O–H groups in total. The van der Waals surface area contributed by atoms with Crippen LogP contribution in [-0.2, 0) is 9.53 Å². The third-order valence-corrected chi connectivity index (χ3v) is 2.89. The van der Waals surface area contributed by atoms with Crippen LogP contribution in [0.4, 0.5) is 5.69 Å². The van der Waals surface area contributed by atoms with Crippen LogP contribution < -0.4 is 20.1 Å². The van der Waals surface area contributed by atoms with Gasteiger partial charge in [-0.3, -0.25) is 4.79 Å². The first-order chi connectivity index (χ1) is 9.24. The van der Waals surface area contributed by atoms with E-state index >= 15 is 0 Å². The van der Waals surface area contributed by atoms with E-state index in [1.807, 2.05) is 0 Å². The van der Waals surface area contributed by atoms with E-state index in [4.69, 9.17) is 14.2 Å². The Hall–Kier alpha value is -1.50. The van der Waals surface area contributed by atoms with Crippen molar-refractivity contribution in [3.63, 3.8) is 0 Å². The number of benzene rings is 1. The van der Waals surface area contributed by atoms with E-state index in [2.05, 4.69) is 10.6 Å². The standard InChI is InChI=1S/C13H18N2O4.ClH/c1-17-11-4-3-9(7-12(11)18-2)15-13(16)10-8-19-6-5-14-10;/h3-4,7,10,14H,5-6,8H2,1-2H3,(H,15,16);1H. The molecule has 0 aromatic heterocycles. The number of nitrogens with one attached hydrogen (secondary N) is 2. The lowest BCUT2D eigenvalue weighted by molar-refractivity contribution is -0.120. The predicted molar refractivity (Wildman–Crippen MR) is 78.0 cm³/mol. The van der Waals surface area contributed by atoms with Crippen LogP contribution in [0.15, 0.2) is 18.2 Å². The fraction of sp³-hybridized carbons (Fsp3) is 0.462. The van der Waals surface area contributed by atoms with Gasteiger partial charge in [0.15, 0.2) is 11.5 Å². The van der Waals surface area contributed by atoms with Gasteiger partial charge in [-0.1, -0.05) is 0 Å². The maximum atomic E-state index is 12.0. The molecule has 1 fully saturated rings. The second-order valence-electron chi connectivity index (χ2n) is 4.14. The number of rotatable bonds is 4. The molecule has 1 aromatic rings. The summed E-state index contributed by atoms with van der Waals surface area (Å²) in [4.78, 5) is 12.0. The van der Waals surface area contributed by atoms with Crippen molar-refractivity contribution in [2.24, 2.45) is 0 Å². The summed E-state index contributed by atoms with van der Waals surface area (Å²) in [5.41, 5.74) is 0.662. The maximum absolute atomic E-state index is 12.0. The molecule has 1 amide bonds. The van der Waals surface area contributed by atoms with Crippen LogP contribution in [0.25, 0.3) is 0 Å². The molecule has 0 radical (unpaired) electrons. The van der Waals surface area contributed by atoms with Crippen LogP contribution >= 0.6 is 12.4 Å². The van der Waals surface area contributed by atoms with Gasteiger partial charge in [0.25, 0.3) is 0 Å². The normalized spacial score (nSPS) is 17.8. The zero-order chi connectivity index (χ0) is 13.7. The lowest BCUT2D eigenvalue weighted by Gasteiger charge is -2.23. The number of hydrogen-bond acceptors (Lipinski definition) is 5. The summed E-state index contributed by atoms with van der Waals surface area (Å²) >= 11 is 0. The molecule has 6 nitrogen and oxygen atoms in total. The summed E-state index contributed by atoms with van der Waals surface area (Å²) in [6.07, 6.45) is 0. The van der Waals surface area contributed by atoms with Gasteiger partial charge >= 0.3 is 0 Å². The molecule has 112 valence electrons. The average Bonchev–Trinajstić information content (AvgIpc) is 2.48. The molecule has 1 atom stereocenters. The minimum atomic E-state index is -0.318. The number of halogens is 1. The van der Waals surface area contributed by atoms with Crippen molar-refractivity contribution in [1.82, 2.24) is 5.32 Å². The maximum Gasteiger partial charge on any atom is 0.243 e. The number of anilines is 1. The number of morpholine rings is 1. The van der Waals surface area contributed by atoms with Crippen molar-refractivity contribution in [2.45, 2.75) is 6.04 Å². The van der Waals surface area contributed by atoms with Gasteiger partial charge in [0.05, 0.1) is 27.4 Å². The van der Waals surface area contributed by atoms with Crippen LogP contribution in [0.2, 0.25) is 0 Å². The molecule has 1 aliphatic rings. The van der Waals surface area contributed by atoms with Gasteiger partial charge in [-0.25, -0.2) is 0 Å². The number of carbonyl (C=O) groups is 1. The molecule has 20 heavy (non-hydrogen) atoms. The molecule has 0 bridgehead atoms. The minimum Gasteiger partial charge on any atom is -0.493 e. The van der Waals surface area contributed by atoms with Gasteiger partial charge in [0.2, 0.25) is 5.91 Å². The van der Waals surface area contributed by atoms with Gasteiger partial charge in [-0.15, -0.1) is 12.4 Å². The lowest BCUT2D eigenvalue weighted by Crippen LogP contribution is -2.48. The molecule has 0 aliphatic carbocycles. The molecule has 1 unspecified atom stereocenters. The second kappa shape index (κ2) is 7.94. The highest BCUT2D eigenvalue weighted by Crippen LogP contribution is 2.29. The van der Waals surface area contributed by atoms with Gasteiger partial charge in [0.1, 0.15) is 6.04 Å². The molecule has 1 heterocycles. The highest BCUT2D eigenvalue weighted by atomic mass is 35.5. The molecule has 2 rings (SSSR count). The Labute approximate surface area is 124 Å². The number of amides is 1. The van der Waals surface area contributed by atoms with E-state index in [9.17, 15) is 4.79 Å². The lowest BCUT2D eigenvalue weighted by atomic mass is 10.2. The molecule has 1 saturated heterocycles. The van der Waals surface area contributed by atoms with Crippen molar-refractivity contribution >= 4 is 24.0 Å². The summed E-state index contributed by atoms with van der Waals surface area (Å²) in [5, 5.41) is 5.92. The summed E-state index contributed by atoms with van der Waals surface area (Å²) in [6, 6.07) is 4.92. The van der Waals surface area contributed by atoms with Crippen LogP contribution in [-0.4, -0.2) is 45.9 Å². The number of methoxy groups -OCH3 is 2. The van der Waals surface area contributed by atoms with Crippen LogP contribution in [0.1, 0.15) is 0 Å². The van der Waals surface area contributed by atoms with Crippen molar-refractivity contribution < 1.29 is 19.0 Å². The predicted octanol–water partition coefficient (Wildman–Crippen LogP) is 1.05. The number of hydrogen-bond donors (Lipinski definition) is 2. The summed E-state index contributed by atoms with van der Waals surface area (Å²) in [5.74, 6) is 1.08. The molecule has 7 heteroatoms. The number of carbonyl (C=O) groups excluding carboxylic acids is 1. The molecular weight excluding hydrogens is 284 g/mol. The molecule has 1 aromatic carbocycles. The van der Waals surface area contributed by atoms with E-state index < -0.39 is 0 Å². The molecule has 1 aliphatic heterocycles. The van der Waals surface area contributed by atoms with Crippen molar-refractivity contribution in [3.05, 3.63) is 18.2 Å². The monoisotopic (exact) mass is 302 g/mol. The van der Waals surface area contributed by atoms with Crippen molar-refractivity contribution in [3.8, 4) is 11.5 Å². The van der Waals surface area contributed by atoms with Gasteiger partial charge in [0, 0.05) is 18.3 Å². The zero-order valence-corrected chi connectivity index (χ0v) is 12.3. The Balaban J connectivity index is 0.00000200. The Morgan fingerprint density at radius 2 is 2.10 bits per heavy atom. The van der Waals surface area contributed by atoms with E-state index in [0.29, 0.717) is 36.9 Å². The van der Waals surface area contributed by atoms with E-state index in [1.165, 1.54) is 0 Å². The van der Waals surface area contributed by atoms with Gasteiger partial charge in [-0.05, 0) is 12.1 Å². The SMILES string of the molecule is COc1ccc(NC(=O)C2COCCN2)cc1OC.Cl. The Morgan fingerprint density at radius 3 is 2.70 bits per heavy atom. The van der Waals surface area contributed by atoms with E-state index in [1.54, 1.807) is 32.4 Å². The first-order valence-corrected chi connectivity index (χ1v) is 6.08. The fourth-order valence-electron chi connectivity index (χ4n) is 1.88. The van der Waals surface area contributed by atoms with E-state index in [0.717, 1.165) is 0 Å². The highest BCUT2D eigenvalue weighted by Gasteiger charge is 2.21. The Bertz CT molecular complexity index is 450. The second-order valence-corrected chi connectivity index (χ2v) is 4.14. The highest BCUT2D eigenvalue weighted by molar-refractivity contribution is 5.95. The molecular formula is C13H19ClN2O4. The van der Waals surface area contributed by atoms with Crippen molar-refractivity contribution in [1.29, 1.82) is 0 Å². The fourth-order valence-corrected chi connectivity index (χ4v) is 1.88. The molecule has 0 spiro atoms. The molecule has 0 saturated carbocycles. The van der Waals surface area contributed by atoms with Crippen LogP contribution in [0.3, 0.4) is 0 Å². The Kier molecular flexibility index (Phi) is 6.57. The third-order valence-electron chi connectivity index (χ3n) is 2.89. The topological polar surface area (TPSA) is 68.8 Å². The minimum absolute atomic E-state index is 0. The largest absolute Gasteiger partial charge is 0.493 e. The first-order valence-electron chi connectivity index (χ1n) is 6.08. The van der Waals surface area contributed by atoms with E-state index in [-0.39, 0.29) is 24.4 Å². The van der Waals surface area contributed by atoms with Crippen molar-refractivity contribution in [2.75, 3.05) is 39.3 Å². The summed E-state index contributed by atoms with van der Waals surface area (Å²) in [7, 11) is 3.12.